The summed E-state index contributed by atoms with van der Waals surface area (Å²) < 4.78 is 0. The van der Waals surface area contributed by atoms with Crippen molar-refractivity contribution in [3.05, 3.63) is 27.4 Å². The Morgan fingerprint density at radius 2 is 2.13 bits per heavy atom. The van der Waals surface area contributed by atoms with Crippen molar-refractivity contribution >= 4 is 39.6 Å². The van der Waals surface area contributed by atoms with Crippen LogP contribution < -0.4 is 5.32 Å². The predicted molar refractivity (Wildman–Crippen MR) is 88.9 cm³/mol. The third-order valence-electron chi connectivity index (χ3n) is 4.15. The lowest BCUT2D eigenvalue weighted by Crippen LogP contribution is -2.42. The van der Waals surface area contributed by atoms with E-state index in [4.69, 9.17) is 0 Å². The lowest BCUT2D eigenvalue weighted by atomic mass is 10.2. The van der Waals surface area contributed by atoms with Gasteiger partial charge in [-0.3, -0.25) is 14.9 Å². The second-order valence-electron chi connectivity index (χ2n) is 5.84. The largest absolute Gasteiger partial charge is 0.326 e. The normalized spacial score (nSPS) is 20.7. The average Bonchev–Trinajstić information content (AvgIpc) is 3.03. The van der Waals surface area contributed by atoms with Gasteiger partial charge in [0.1, 0.15) is 11.0 Å². The van der Waals surface area contributed by atoms with Gasteiger partial charge in [0.2, 0.25) is 11.0 Å². The summed E-state index contributed by atoms with van der Waals surface area (Å²) >= 11 is 2.85. The van der Waals surface area contributed by atoms with Crippen LogP contribution in [0.2, 0.25) is 0 Å². The van der Waals surface area contributed by atoms with Crippen molar-refractivity contribution in [3.8, 4) is 0 Å². The van der Waals surface area contributed by atoms with E-state index in [-0.39, 0.29) is 11.8 Å². The summed E-state index contributed by atoms with van der Waals surface area (Å²) in [6.07, 6.45) is 3.86. The minimum atomic E-state index is -0.419. The molecule has 1 atom stereocenters. The molecule has 6 nitrogen and oxygen atoms in total. The van der Waals surface area contributed by atoms with Crippen molar-refractivity contribution in [2.24, 2.45) is 0 Å². The number of rotatable bonds is 4. The van der Waals surface area contributed by atoms with Gasteiger partial charge in [-0.25, -0.2) is 0 Å². The first-order valence-corrected chi connectivity index (χ1v) is 9.41. The van der Waals surface area contributed by atoms with Crippen molar-refractivity contribution in [1.29, 1.82) is 0 Å². The standard InChI is InChI=1S/C15H16N4O2S2/c20-12(16-15-18-17-13(23-15)9-5-6-9)10-3-1-7-19(10)14(21)11-4-2-8-22-11/h2,4,8-10H,1,3,5-7H2,(H,16,18,20). The van der Waals surface area contributed by atoms with Gasteiger partial charge in [-0.15, -0.1) is 21.5 Å². The molecule has 0 radical (unpaired) electrons. The molecule has 2 aliphatic rings. The van der Waals surface area contributed by atoms with Gasteiger partial charge in [0.15, 0.2) is 0 Å². The molecule has 2 fully saturated rings. The number of likely N-dealkylation sites (tertiary alicyclic amines) is 1. The Kier molecular flexibility index (Phi) is 3.86. The highest BCUT2D eigenvalue weighted by Gasteiger charge is 2.35. The van der Waals surface area contributed by atoms with E-state index in [1.165, 1.54) is 22.7 Å². The lowest BCUT2D eigenvalue weighted by Gasteiger charge is -2.22. The molecule has 1 saturated heterocycles. The zero-order valence-electron chi connectivity index (χ0n) is 12.4. The third-order valence-corrected chi connectivity index (χ3v) is 6.00. The van der Waals surface area contributed by atoms with Crippen LogP contribution in [0.15, 0.2) is 17.5 Å². The maximum Gasteiger partial charge on any atom is 0.264 e. The molecule has 2 aromatic heterocycles. The van der Waals surface area contributed by atoms with Gasteiger partial charge in [0.25, 0.3) is 5.91 Å². The number of amides is 2. The van der Waals surface area contributed by atoms with Gasteiger partial charge in [-0.1, -0.05) is 17.4 Å². The highest BCUT2D eigenvalue weighted by atomic mass is 32.1. The van der Waals surface area contributed by atoms with E-state index in [0.717, 1.165) is 24.3 Å². The number of nitrogens with one attached hydrogen (secondary N) is 1. The van der Waals surface area contributed by atoms with Gasteiger partial charge >= 0.3 is 0 Å². The molecule has 1 aliphatic carbocycles. The van der Waals surface area contributed by atoms with E-state index < -0.39 is 6.04 Å². The molecule has 4 rings (SSSR count). The van der Waals surface area contributed by atoms with Crippen LogP contribution in [0, 0.1) is 0 Å². The summed E-state index contributed by atoms with van der Waals surface area (Å²) in [5.41, 5.74) is 0. The molecular formula is C15H16N4O2S2. The van der Waals surface area contributed by atoms with Crippen LogP contribution in [0.25, 0.3) is 0 Å². The minimum absolute atomic E-state index is 0.0615. The van der Waals surface area contributed by atoms with Gasteiger partial charge in [0, 0.05) is 12.5 Å². The number of hydrogen-bond acceptors (Lipinski definition) is 6. The summed E-state index contributed by atoms with van der Waals surface area (Å²) in [6, 6.07) is 3.23. The smallest absolute Gasteiger partial charge is 0.264 e. The maximum absolute atomic E-state index is 12.5. The van der Waals surface area contributed by atoms with Crippen LogP contribution in [0.5, 0.6) is 0 Å². The van der Waals surface area contributed by atoms with Crippen LogP contribution in [-0.2, 0) is 4.79 Å². The average molecular weight is 348 g/mol. The molecule has 1 aliphatic heterocycles. The maximum atomic E-state index is 12.5. The van der Waals surface area contributed by atoms with E-state index in [1.807, 2.05) is 11.4 Å². The zero-order chi connectivity index (χ0) is 15.8. The van der Waals surface area contributed by atoms with Crippen molar-refractivity contribution in [2.75, 3.05) is 11.9 Å². The van der Waals surface area contributed by atoms with Crippen LogP contribution in [-0.4, -0.2) is 39.5 Å². The molecule has 0 bridgehead atoms. The Morgan fingerprint density at radius 1 is 1.26 bits per heavy atom. The molecule has 2 aromatic rings. The fraction of sp³-hybridized carbons (Fsp3) is 0.467. The number of thiophene rings is 1. The van der Waals surface area contributed by atoms with Crippen LogP contribution in [0.3, 0.4) is 0 Å². The molecule has 23 heavy (non-hydrogen) atoms. The highest BCUT2D eigenvalue weighted by molar-refractivity contribution is 7.15. The SMILES string of the molecule is O=C(Nc1nnc(C2CC2)s1)C1CCCN1C(=O)c1cccs1. The predicted octanol–water partition coefficient (Wildman–Crippen LogP) is 2.72. The topological polar surface area (TPSA) is 75.2 Å². The lowest BCUT2D eigenvalue weighted by molar-refractivity contribution is -0.119. The Labute approximate surface area is 141 Å². The quantitative estimate of drug-likeness (QED) is 0.922. The Hall–Kier alpha value is -1.80. The van der Waals surface area contributed by atoms with Gasteiger partial charge in [-0.2, -0.15) is 0 Å². The van der Waals surface area contributed by atoms with Crippen molar-refractivity contribution in [1.82, 2.24) is 15.1 Å². The number of aromatic nitrogens is 2. The molecule has 1 unspecified atom stereocenters. The number of carbonyl (C=O) groups is 2. The van der Waals surface area contributed by atoms with E-state index >= 15 is 0 Å². The number of anilines is 1. The highest BCUT2D eigenvalue weighted by Crippen LogP contribution is 2.42. The van der Waals surface area contributed by atoms with E-state index in [0.29, 0.717) is 28.9 Å². The van der Waals surface area contributed by atoms with Gasteiger partial charge < -0.3 is 4.90 Å². The summed E-state index contributed by atoms with van der Waals surface area (Å²) in [5.74, 6) is 0.307. The molecule has 1 N–H and O–H groups in total. The summed E-state index contributed by atoms with van der Waals surface area (Å²) in [6.45, 7) is 0.623. The fourth-order valence-electron chi connectivity index (χ4n) is 2.79. The number of hydrogen-bond donors (Lipinski definition) is 1. The monoisotopic (exact) mass is 348 g/mol. The first-order valence-electron chi connectivity index (χ1n) is 7.71. The fourth-order valence-corrected chi connectivity index (χ4v) is 4.39. The van der Waals surface area contributed by atoms with E-state index in [1.54, 1.807) is 11.0 Å². The number of carbonyl (C=O) groups excluding carboxylic acids is 2. The molecule has 120 valence electrons. The first-order chi connectivity index (χ1) is 11.2. The Balaban J connectivity index is 1.44. The summed E-state index contributed by atoms with van der Waals surface area (Å²) in [4.78, 5) is 27.4. The van der Waals surface area contributed by atoms with Crippen LogP contribution in [0.4, 0.5) is 5.13 Å². The zero-order valence-corrected chi connectivity index (χ0v) is 14.0. The van der Waals surface area contributed by atoms with Crippen molar-refractivity contribution in [3.63, 3.8) is 0 Å². The van der Waals surface area contributed by atoms with Gasteiger partial charge in [0.05, 0.1) is 4.88 Å². The second-order valence-corrected chi connectivity index (χ2v) is 7.80. The molecule has 0 aromatic carbocycles. The summed E-state index contributed by atoms with van der Waals surface area (Å²) in [5, 5.41) is 14.4. The molecule has 0 spiro atoms. The second kappa shape index (κ2) is 6.01. The van der Waals surface area contributed by atoms with Crippen LogP contribution >= 0.6 is 22.7 Å². The first kappa shape index (κ1) is 14.8. The van der Waals surface area contributed by atoms with E-state index in [9.17, 15) is 9.59 Å². The Morgan fingerprint density at radius 3 is 2.87 bits per heavy atom. The van der Waals surface area contributed by atoms with E-state index in [2.05, 4.69) is 15.5 Å². The molecular weight excluding hydrogens is 332 g/mol. The minimum Gasteiger partial charge on any atom is -0.326 e. The molecule has 2 amide bonds. The van der Waals surface area contributed by atoms with Gasteiger partial charge in [-0.05, 0) is 37.1 Å². The van der Waals surface area contributed by atoms with Crippen molar-refractivity contribution in [2.45, 2.75) is 37.6 Å². The summed E-state index contributed by atoms with van der Waals surface area (Å²) in [7, 11) is 0. The molecule has 1 saturated carbocycles. The van der Waals surface area contributed by atoms with Crippen molar-refractivity contribution < 1.29 is 9.59 Å². The molecule has 3 heterocycles. The van der Waals surface area contributed by atoms with Crippen LogP contribution in [0.1, 0.15) is 46.3 Å². The molecule has 8 heteroatoms. The Bertz CT molecular complexity index is 724. The number of nitrogens with zero attached hydrogens (tertiary/aromatic N) is 3. The third kappa shape index (κ3) is 3.00.